The number of piperazine rings is 1. The Labute approximate surface area is 185 Å². The van der Waals surface area contributed by atoms with Gasteiger partial charge in [0.15, 0.2) is 0 Å². The monoisotopic (exact) mass is 441 g/mol. The Bertz CT molecular complexity index is 1020. The quantitative estimate of drug-likeness (QED) is 0.558. The van der Waals surface area contributed by atoms with Gasteiger partial charge >= 0.3 is 11.8 Å². The van der Waals surface area contributed by atoms with Crippen LogP contribution in [0, 0.1) is 6.92 Å². The largest absolute Gasteiger partial charge is 0.369 e. The average Bonchev–Trinajstić information content (AvgIpc) is 3.30. The maximum atomic E-state index is 12.2. The number of nitrogens with zero attached hydrogens (tertiary/aromatic N) is 6. The van der Waals surface area contributed by atoms with Gasteiger partial charge in [-0.25, -0.2) is 9.97 Å². The molecular formula is C21H24ClN7O2. The van der Waals surface area contributed by atoms with Crippen LogP contribution in [0.3, 0.4) is 0 Å². The smallest absolute Gasteiger partial charge is 0.316 e. The number of aromatic nitrogens is 4. The standard InChI is InChI=1S/C21H24ClN7O2/c1-15-3-4-16(22)13-18(15)29-11-9-28(10-12-29)8-2-6-24-20(30)21-26-19(27-31-21)17-5-7-23-14-25-17/h3-5,7,13-14H,2,6,8-12H2,1H3,(H,24,30). The lowest BCUT2D eigenvalue weighted by Crippen LogP contribution is -2.47. The van der Waals surface area contributed by atoms with E-state index in [1.165, 1.54) is 17.6 Å². The Kier molecular flexibility index (Phi) is 6.73. The molecule has 0 radical (unpaired) electrons. The molecule has 0 bridgehead atoms. The van der Waals surface area contributed by atoms with Crippen molar-refractivity contribution in [1.29, 1.82) is 0 Å². The molecule has 1 amide bonds. The molecule has 1 aliphatic heterocycles. The molecule has 0 spiro atoms. The summed E-state index contributed by atoms with van der Waals surface area (Å²) in [7, 11) is 0. The van der Waals surface area contributed by atoms with E-state index in [1.54, 1.807) is 12.3 Å². The maximum absolute atomic E-state index is 12.2. The molecule has 2 aromatic heterocycles. The molecule has 10 heteroatoms. The van der Waals surface area contributed by atoms with E-state index < -0.39 is 0 Å². The van der Waals surface area contributed by atoms with Gasteiger partial charge in [-0.15, -0.1) is 0 Å². The predicted octanol–water partition coefficient (Wildman–Crippen LogP) is 2.43. The Morgan fingerprint density at radius 1 is 1.23 bits per heavy atom. The molecule has 9 nitrogen and oxygen atoms in total. The number of amides is 1. The number of aryl methyl sites for hydroxylation is 1. The van der Waals surface area contributed by atoms with E-state index in [1.807, 2.05) is 12.1 Å². The summed E-state index contributed by atoms with van der Waals surface area (Å²) in [5.74, 6) is -0.187. The van der Waals surface area contributed by atoms with Crippen LogP contribution < -0.4 is 10.2 Å². The lowest BCUT2D eigenvalue weighted by Gasteiger charge is -2.36. The number of rotatable bonds is 7. The third kappa shape index (κ3) is 5.36. The predicted molar refractivity (Wildman–Crippen MR) is 117 cm³/mol. The normalized spacial score (nSPS) is 14.6. The number of benzene rings is 1. The molecule has 1 saturated heterocycles. The Hall–Kier alpha value is -3.04. The molecule has 3 aromatic rings. The summed E-state index contributed by atoms with van der Waals surface area (Å²) < 4.78 is 5.04. The van der Waals surface area contributed by atoms with Crippen molar-refractivity contribution < 1.29 is 9.32 Å². The van der Waals surface area contributed by atoms with Crippen LogP contribution in [0.25, 0.3) is 11.5 Å². The fraction of sp³-hybridized carbons (Fsp3) is 0.381. The summed E-state index contributed by atoms with van der Waals surface area (Å²) in [6, 6.07) is 7.68. The zero-order chi connectivity index (χ0) is 21.6. The van der Waals surface area contributed by atoms with E-state index >= 15 is 0 Å². The van der Waals surface area contributed by atoms with E-state index in [2.05, 4.69) is 48.2 Å². The number of carbonyl (C=O) groups excluding carboxylic acids is 1. The van der Waals surface area contributed by atoms with E-state index in [9.17, 15) is 4.79 Å². The highest BCUT2D eigenvalue weighted by molar-refractivity contribution is 6.30. The molecule has 0 atom stereocenters. The Morgan fingerprint density at radius 2 is 2.06 bits per heavy atom. The zero-order valence-electron chi connectivity index (χ0n) is 17.3. The molecule has 1 N–H and O–H groups in total. The summed E-state index contributed by atoms with van der Waals surface area (Å²) in [6.45, 7) is 7.44. The number of hydrogen-bond acceptors (Lipinski definition) is 8. The van der Waals surface area contributed by atoms with Crippen LogP contribution in [-0.2, 0) is 0 Å². The van der Waals surface area contributed by atoms with Crippen molar-refractivity contribution in [3.8, 4) is 11.5 Å². The fourth-order valence-corrected chi connectivity index (χ4v) is 3.72. The molecule has 162 valence electrons. The lowest BCUT2D eigenvalue weighted by atomic mass is 10.1. The average molecular weight is 442 g/mol. The van der Waals surface area contributed by atoms with Gasteiger partial charge in [0.05, 0.1) is 0 Å². The van der Waals surface area contributed by atoms with E-state index in [0.29, 0.717) is 12.2 Å². The van der Waals surface area contributed by atoms with Crippen LogP contribution in [0.15, 0.2) is 41.3 Å². The van der Waals surface area contributed by atoms with Crippen molar-refractivity contribution >= 4 is 23.2 Å². The molecule has 0 unspecified atom stereocenters. The minimum Gasteiger partial charge on any atom is -0.369 e. The second-order valence-corrected chi connectivity index (χ2v) is 7.82. The second-order valence-electron chi connectivity index (χ2n) is 7.39. The first-order valence-electron chi connectivity index (χ1n) is 10.2. The van der Waals surface area contributed by atoms with Crippen molar-refractivity contribution in [2.45, 2.75) is 13.3 Å². The first kappa shape index (κ1) is 21.2. The summed E-state index contributed by atoms with van der Waals surface area (Å²) >= 11 is 6.16. The highest BCUT2D eigenvalue weighted by Gasteiger charge is 2.19. The van der Waals surface area contributed by atoms with Crippen LogP contribution in [0.1, 0.15) is 22.7 Å². The Balaban J connectivity index is 1.18. The number of nitrogens with one attached hydrogen (secondary N) is 1. The van der Waals surface area contributed by atoms with Crippen molar-refractivity contribution in [3.63, 3.8) is 0 Å². The second kappa shape index (κ2) is 9.84. The fourth-order valence-electron chi connectivity index (χ4n) is 3.56. The third-order valence-corrected chi connectivity index (χ3v) is 5.49. The van der Waals surface area contributed by atoms with Gasteiger partial charge in [-0.05, 0) is 43.7 Å². The number of hydrogen-bond donors (Lipinski definition) is 1. The summed E-state index contributed by atoms with van der Waals surface area (Å²) in [6.07, 6.45) is 3.81. The number of carbonyl (C=O) groups is 1. The van der Waals surface area contributed by atoms with Crippen LogP contribution in [0.5, 0.6) is 0 Å². The molecule has 1 fully saturated rings. The lowest BCUT2D eigenvalue weighted by molar-refractivity contribution is 0.0907. The van der Waals surface area contributed by atoms with Crippen LogP contribution >= 0.6 is 11.6 Å². The van der Waals surface area contributed by atoms with Crippen LogP contribution in [0.4, 0.5) is 5.69 Å². The molecule has 4 rings (SSSR count). The van der Waals surface area contributed by atoms with Gasteiger partial charge in [-0.1, -0.05) is 22.8 Å². The van der Waals surface area contributed by atoms with Gasteiger partial charge in [0.1, 0.15) is 12.0 Å². The summed E-state index contributed by atoms with van der Waals surface area (Å²) in [5.41, 5.74) is 2.95. The SMILES string of the molecule is Cc1ccc(Cl)cc1N1CCN(CCCNC(=O)c2nc(-c3ccncn3)no2)CC1. The van der Waals surface area contributed by atoms with Crippen LogP contribution in [0.2, 0.25) is 5.02 Å². The van der Waals surface area contributed by atoms with Crippen molar-refractivity contribution in [1.82, 2.24) is 30.3 Å². The first-order chi connectivity index (χ1) is 15.1. The highest BCUT2D eigenvalue weighted by Crippen LogP contribution is 2.25. The third-order valence-electron chi connectivity index (χ3n) is 5.25. The van der Waals surface area contributed by atoms with Crippen molar-refractivity contribution in [3.05, 3.63) is 53.3 Å². The topological polar surface area (TPSA) is 100 Å². The van der Waals surface area contributed by atoms with Gasteiger partial charge < -0.3 is 14.7 Å². The molecule has 0 saturated carbocycles. The minimum atomic E-state index is -0.381. The summed E-state index contributed by atoms with van der Waals surface area (Å²) in [5, 5.41) is 7.39. The van der Waals surface area contributed by atoms with Gasteiger partial charge in [0, 0.05) is 49.6 Å². The number of anilines is 1. The zero-order valence-corrected chi connectivity index (χ0v) is 18.0. The number of halogens is 1. The van der Waals surface area contributed by atoms with E-state index in [0.717, 1.165) is 44.2 Å². The van der Waals surface area contributed by atoms with Crippen molar-refractivity contribution in [2.75, 3.05) is 44.2 Å². The molecule has 1 aliphatic rings. The van der Waals surface area contributed by atoms with Gasteiger partial charge in [0.25, 0.3) is 0 Å². The maximum Gasteiger partial charge on any atom is 0.316 e. The van der Waals surface area contributed by atoms with Gasteiger partial charge in [-0.3, -0.25) is 9.69 Å². The molecule has 31 heavy (non-hydrogen) atoms. The summed E-state index contributed by atoms with van der Waals surface area (Å²) in [4.78, 5) is 29.0. The minimum absolute atomic E-state index is 0.0703. The van der Waals surface area contributed by atoms with Gasteiger partial charge in [-0.2, -0.15) is 4.98 Å². The first-order valence-corrected chi connectivity index (χ1v) is 10.6. The van der Waals surface area contributed by atoms with Gasteiger partial charge in [0.2, 0.25) is 5.82 Å². The van der Waals surface area contributed by atoms with Crippen molar-refractivity contribution in [2.24, 2.45) is 0 Å². The van der Waals surface area contributed by atoms with Crippen LogP contribution in [-0.4, -0.2) is 70.2 Å². The molecule has 3 heterocycles. The van der Waals surface area contributed by atoms with E-state index in [-0.39, 0.29) is 17.6 Å². The highest BCUT2D eigenvalue weighted by atomic mass is 35.5. The molecule has 0 aliphatic carbocycles. The molecule has 1 aromatic carbocycles. The molecular weight excluding hydrogens is 418 g/mol. The Morgan fingerprint density at radius 3 is 2.84 bits per heavy atom. The van der Waals surface area contributed by atoms with E-state index in [4.69, 9.17) is 16.1 Å².